The molecule has 0 aliphatic rings. The smallest absolute Gasteiger partial charge is 0.274 e. The van der Waals surface area contributed by atoms with Crippen LogP contribution < -0.4 is 11.1 Å². The van der Waals surface area contributed by atoms with Gasteiger partial charge in [-0.1, -0.05) is 34.7 Å². The lowest BCUT2D eigenvalue weighted by Crippen LogP contribution is -2.51. The molecular formula is C11H18IN3O2. The fraction of sp³-hybridized carbons (Fsp3) is 0.636. The molecule has 1 aromatic rings. The van der Waals surface area contributed by atoms with Gasteiger partial charge < -0.3 is 15.6 Å². The predicted molar refractivity (Wildman–Crippen MR) is 74.2 cm³/mol. The number of halogens is 1. The monoisotopic (exact) mass is 351 g/mol. The highest BCUT2D eigenvalue weighted by molar-refractivity contribution is 14.1. The number of aromatic nitrogens is 1. The van der Waals surface area contributed by atoms with Crippen molar-refractivity contribution in [1.82, 2.24) is 10.5 Å². The van der Waals surface area contributed by atoms with Crippen molar-refractivity contribution >= 4 is 28.5 Å². The first-order chi connectivity index (χ1) is 7.97. The largest absolute Gasteiger partial charge is 0.359 e. The summed E-state index contributed by atoms with van der Waals surface area (Å²) in [7, 11) is 0. The van der Waals surface area contributed by atoms with E-state index in [1.54, 1.807) is 0 Å². The van der Waals surface area contributed by atoms with Crippen LogP contribution in [-0.4, -0.2) is 23.1 Å². The Hall–Kier alpha value is -0.630. The van der Waals surface area contributed by atoms with Gasteiger partial charge in [-0.25, -0.2) is 0 Å². The first-order valence-corrected chi connectivity index (χ1v) is 7.03. The van der Waals surface area contributed by atoms with Crippen molar-refractivity contribution in [1.29, 1.82) is 0 Å². The van der Waals surface area contributed by atoms with Crippen molar-refractivity contribution in [2.45, 2.75) is 37.2 Å². The van der Waals surface area contributed by atoms with Gasteiger partial charge in [0.1, 0.15) is 5.76 Å². The average molecular weight is 351 g/mol. The van der Waals surface area contributed by atoms with E-state index in [1.165, 1.54) is 0 Å². The van der Waals surface area contributed by atoms with Gasteiger partial charge in [0.15, 0.2) is 5.69 Å². The van der Waals surface area contributed by atoms with Crippen molar-refractivity contribution in [2.75, 3.05) is 6.54 Å². The molecule has 17 heavy (non-hydrogen) atoms. The van der Waals surface area contributed by atoms with Gasteiger partial charge in [-0.2, -0.15) is 0 Å². The molecule has 0 fully saturated rings. The van der Waals surface area contributed by atoms with Gasteiger partial charge in [0.25, 0.3) is 5.91 Å². The molecule has 0 spiro atoms. The highest BCUT2D eigenvalue weighted by Crippen LogP contribution is 2.17. The van der Waals surface area contributed by atoms with E-state index in [0.29, 0.717) is 16.7 Å². The first kappa shape index (κ1) is 14.4. The zero-order chi connectivity index (χ0) is 13.1. The van der Waals surface area contributed by atoms with E-state index in [4.69, 9.17) is 10.3 Å². The number of alkyl halides is 1. The molecule has 96 valence electrons. The van der Waals surface area contributed by atoms with Crippen LogP contribution in [0.4, 0.5) is 0 Å². The molecule has 1 rings (SSSR count). The third-order valence-corrected chi connectivity index (χ3v) is 3.70. The topological polar surface area (TPSA) is 81.1 Å². The van der Waals surface area contributed by atoms with Crippen LogP contribution in [0.15, 0.2) is 4.52 Å². The second-order valence-corrected chi connectivity index (χ2v) is 5.05. The molecular weight excluding hydrogens is 333 g/mol. The average Bonchev–Trinajstić information content (AvgIpc) is 2.70. The van der Waals surface area contributed by atoms with Crippen molar-refractivity contribution in [2.24, 2.45) is 5.73 Å². The molecule has 0 aromatic carbocycles. The Balaban J connectivity index is 2.86. The Morgan fingerprint density at radius 1 is 1.65 bits per heavy atom. The molecule has 0 radical (unpaired) electrons. The second kappa shape index (κ2) is 5.81. The predicted octanol–water partition coefficient (Wildman–Crippen LogP) is 1.78. The lowest BCUT2D eigenvalue weighted by atomic mass is 9.99. The zero-order valence-electron chi connectivity index (χ0n) is 10.3. The van der Waals surface area contributed by atoms with E-state index in [9.17, 15) is 4.79 Å². The van der Waals surface area contributed by atoms with Crippen LogP contribution in [0.1, 0.15) is 42.1 Å². The molecule has 1 aromatic heterocycles. The number of hydrogen-bond acceptors (Lipinski definition) is 4. The van der Waals surface area contributed by atoms with E-state index >= 15 is 0 Å². The molecule has 0 aliphatic heterocycles. The third-order valence-electron chi connectivity index (χ3n) is 3.00. The number of rotatable bonds is 5. The molecule has 5 nitrogen and oxygen atoms in total. The van der Waals surface area contributed by atoms with Crippen molar-refractivity contribution < 1.29 is 9.32 Å². The quantitative estimate of drug-likeness (QED) is 0.626. The van der Waals surface area contributed by atoms with Gasteiger partial charge in [0.2, 0.25) is 0 Å². The van der Waals surface area contributed by atoms with Crippen molar-refractivity contribution in [3.05, 3.63) is 17.0 Å². The Kier molecular flexibility index (Phi) is 4.93. The molecule has 1 atom stereocenters. The molecule has 1 heterocycles. The van der Waals surface area contributed by atoms with Crippen LogP contribution in [0, 0.1) is 6.92 Å². The maximum absolute atomic E-state index is 12.0. The van der Waals surface area contributed by atoms with Crippen molar-refractivity contribution in [3.63, 3.8) is 0 Å². The molecule has 1 unspecified atom stereocenters. The molecule has 3 N–H and O–H groups in total. The van der Waals surface area contributed by atoms with Gasteiger partial charge in [-0.05, 0) is 20.3 Å². The van der Waals surface area contributed by atoms with Crippen LogP contribution in [0.25, 0.3) is 0 Å². The normalized spacial score (nSPS) is 14.4. The summed E-state index contributed by atoms with van der Waals surface area (Å²) in [5.74, 6) is 0.513. The number of nitrogens with two attached hydrogens (primary N) is 1. The van der Waals surface area contributed by atoms with Gasteiger partial charge >= 0.3 is 0 Å². The minimum atomic E-state index is -0.396. The minimum absolute atomic E-state index is 0.225. The third kappa shape index (κ3) is 3.19. The lowest BCUT2D eigenvalue weighted by Gasteiger charge is -2.27. The van der Waals surface area contributed by atoms with Gasteiger partial charge in [0.05, 0.1) is 4.43 Å². The summed E-state index contributed by atoms with van der Waals surface area (Å²) in [6.07, 6.45) is 0.769. The fourth-order valence-electron chi connectivity index (χ4n) is 1.32. The number of nitrogens with zero attached hydrogens (tertiary/aromatic N) is 1. The number of amides is 1. The number of carbonyl (C=O) groups is 1. The van der Waals surface area contributed by atoms with Gasteiger partial charge in [0, 0.05) is 17.6 Å². The first-order valence-electron chi connectivity index (χ1n) is 5.51. The number of hydrogen-bond donors (Lipinski definition) is 2. The number of nitrogens with one attached hydrogen (secondary N) is 1. The summed E-state index contributed by atoms with van der Waals surface area (Å²) in [5.41, 5.74) is 6.41. The Labute approximate surface area is 115 Å². The fourth-order valence-corrected chi connectivity index (χ4v) is 2.03. The highest BCUT2D eigenvalue weighted by Gasteiger charge is 2.26. The maximum Gasteiger partial charge on any atom is 0.274 e. The van der Waals surface area contributed by atoms with Crippen LogP contribution in [0.2, 0.25) is 0 Å². The molecule has 1 amide bonds. The van der Waals surface area contributed by atoms with E-state index in [2.05, 4.69) is 33.1 Å². The van der Waals surface area contributed by atoms with E-state index < -0.39 is 5.54 Å². The zero-order valence-corrected chi connectivity index (χ0v) is 12.5. The van der Waals surface area contributed by atoms with Crippen LogP contribution >= 0.6 is 22.6 Å². The lowest BCUT2D eigenvalue weighted by molar-refractivity contribution is 0.0896. The Morgan fingerprint density at radius 2 is 2.29 bits per heavy atom. The summed E-state index contributed by atoms with van der Waals surface area (Å²) in [6.45, 7) is 6.13. The molecule has 0 aliphatic carbocycles. The van der Waals surface area contributed by atoms with Crippen LogP contribution in [0.5, 0.6) is 0 Å². The SMILES string of the molecule is CCC(C)(CN)NC(=O)c1noc(CI)c1C. The second-order valence-electron chi connectivity index (χ2n) is 4.29. The van der Waals surface area contributed by atoms with E-state index in [0.717, 1.165) is 17.7 Å². The van der Waals surface area contributed by atoms with Gasteiger partial charge in [-0.15, -0.1) is 0 Å². The summed E-state index contributed by atoms with van der Waals surface area (Å²) in [4.78, 5) is 12.0. The van der Waals surface area contributed by atoms with E-state index in [-0.39, 0.29) is 5.91 Å². The Morgan fingerprint density at radius 3 is 2.71 bits per heavy atom. The van der Waals surface area contributed by atoms with Crippen molar-refractivity contribution in [3.8, 4) is 0 Å². The summed E-state index contributed by atoms with van der Waals surface area (Å²) in [6, 6.07) is 0. The maximum atomic E-state index is 12.0. The summed E-state index contributed by atoms with van der Waals surface area (Å²) < 4.78 is 5.80. The van der Waals surface area contributed by atoms with Crippen LogP contribution in [0.3, 0.4) is 0 Å². The van der Waals surface area contributed by atoms with E-state index in [1.807, 2.05) is 20.8 Å². The summed E-state index contributed by atoms with van der Waals surface area (Å²) >= 11 is 2.17. The van der Waals surface area contributed by atoms with Crippen LogP contribution in [-0.2, 0) is 4.43 Å². The summed E-state index contributed by atoms with van der Waals surface area (Å²) in [5, 5.41) is 6.70. The molecule has 0 saturated carbocycles. The number of carbonyl (C=O) groups excluding carboxylic acids is 1. The molecule has 0 bridgehead atoms. The Bertz CT molecular complexity index is 399. The minimum Gasteiger partial charge on any atom is -0.359 e. The van der Waals surface area contributed by atoms with Gasteiger partial charge in [-0.3, -0.25) is 4.79 Å². The highest BCUT2D eigenvalue weighted by atomic mass is 127. The standard InChI is InChI=1S/C11H18IN3O2/c1-4-11(3,6-13)14-10(16)9-7(2)8(5-12)17-15-9/h4-6,13H2,1-3H3,(H,14,16). The molecule has 6 heteroatoms. The molecule has 0 saturated heterocycles.